The lowest BCUT2D eigenvalue weighted by molar-refractivity contribution is -0.131. The molecule has 0 bridgehead atoms. The minimum absolute atomic E-state index is 0. The second-order valence-electron chi connectivity index (χ2n) is 6.68. The molecule has 27 heavy (non-hydrogen) atoms. The Morgan fingerprint density at radius 3 is 2.56 bits per heavy atom. The van der Waals surface area contributed by atoms with Crippen LogP contribution in [0.2, 0.25) is 0 Å². The first-order chi connectivity index (χ1) is 12.7. The smallest absolute Gasteiger partial charge is 0.340 e. The molecule has 2 N–H and O–H groups in total. The molecule has 1 aromatic carbocycles. The average molecular weight is 388 g/mol. The summed E-state index contributed by atoms with van der Waals surface area (Å²) in [7, 11) is 0. The lowest BCUT2D eigenvalue weighted by atomic mass is 9.89. The van der Waals surface area contributed by atoms with Crippen molar-refractivity contribution < 1.29 is 4.79 Å². The Labute approximate surface area is 162 Å². The van der Waals surface area contributed by atoms with Gasteiger partial charge in [0.2, 0.25) is 5.91 Å². The summed E-state index contributed by atoms with van der Waals surface area (Å²) in [5, 5.41) is 4.23. The number of halogens is 1. The van der Waals surface area contributed by atoms with E-state index in [2.05, 4.69) is 17.2 Å². The van der Waals surface area contributed by atoms with Gasteiger partial charge in [0, 0.05) is 25.2 Å². The van der Waals surface area contributed by atoms with Crippen LogP contribution >= 0.6 is 12.4 Å². The number of benzene rings is 1. The van der Waals surface area contributed by atoms with Crippen LogP contribution in [0.25, 0.3) is 5.65 Å². The van der Waals surface area contributed by atoms with Gasteiger partial charge in [-0.2, -0.15) is 0 Å². The number of rotatable bonds is 4. The topological polar surface area (TPSA) is 85.6 Å². The van der Waals surface area contributed by atoms with Gasteiger partial charge in [0.05, 0.1) is 0 Å². The lowest BCUT2D eigenvalue weighted by Crippen LogP contribution is -2.36. The Morgan fingerprint density at radius 2 is 1.85 bits per heavy atom. The number of pyridine rings is 1. The van der Waals surface area contributed by atoms with Gasteiger partial charge in [0.15, 0.2) is 5.65 Å². The highest BCUT2D eigenvalue weighted by Gasteiger charge is 2.35. The number of nitrogens with zero attached hydrogens (tertiary/aromatic N) is 4. The summed E-state index contributed by atoms with van der Waals surface area (Å²) < 4.78 is 2.66. The van der Waals surface area contributed by atoms with Crippen molar-refractivity contribution in [2.75, 3.05) is 19.6 Å². The lowest BCUT2D eigenvalue weighted by Gasteiger charge is -2.16. The summed E-state index contributed by atoms with van der Waals surface area (Å²) in [5.41, 5.74) is 7.37. The zero-order valence-corrected chi connectivity index (χ0v) is 15.6. The maximum Gasteiger partial charge on any atom is 0.350 e. The molecule has 1 amide bonds. The van der Waals surface area contributed by atoms with Gasteiger partial charge in [-0.15, -0.1) is 17.5 Å². The van der Waals surface area contributed by atoms with Gasteiger partial charge < -0.3 is 10.6 Å². The Bertz CT molecular complexity index is 984. The number of amides is 1. The third-order valence-corrected chi connectivity index (χ3v) is 5.10. The van der Waals surface area contributed by atoms with Crippen LogP contribution in [0.3, 0.4) is 0 Å². The maximum absolute atomic E-state index is 12.8. The fourth-order valence-corrected chi connectivity index (χ4v) is 3.69. The molecule has 3 heterocycles. The molecule has 0 unspecified atom stereocenters. The SMILES string of the molecule is Cl.NC[C@@H]1CN(C(=O)Cn2nc3ccccn3c2=O)C[C@H]1c1ccccc1. The Balaban J connectivity index is 0.00000210. The molecule has 0 aliphatic carbocycles. The van der Waals surface area contributed by atoms with Crippen molar-refractivity contribution in [1.82, 2.24) is 19.1 Å². The van der Waals surface area contributed by atoms with E-state index in [0.717, 1.165) is 0 Å². The first-order valence-electron chi connectivity index (χ1n) is 8.74. The van der Waals surface area contributed by atoms with Gasteiger partial charge in [-0.05, 0) is 30.2 Å². The highest BCUT2D eigenvalue weighted by molar-refractivity contribution is 5.85. The minimum atomic E-state index is -0.303. The van der Waals surface area contributed by atoms with E-state index in [1.54, 1.807) is 23.2 Å². The molecule has 8 heteroatoms. The first kappa shape index (κ1) is 19.1. The van der Waals surface area contributed by atoms with Crippen molar-refractivity contribution in [2.45, 2.75) is 12.5 Å². The molecule has 0 spiro atoms. The number of likely N-dealkylation sites (tertiary alicyclic amines) is 1. The molecule has 1 fully saturated rings. The van der Waals surface area contributed by atoms with Crippen molar-refractivity contribution in [3.8, 4) is 0 Å². The fourth-order valence-electron chi connectivity index (χ4n) is 3.69. The number of carbonyl (C=O) groups excluding carboxylic acids is 1. The van der Waals surface area contributed by atoms with Gasteiger partial charge in [0.1, 0.15) is 6.54 Å². The van der Waals surface area contributed by atoms with Crippen LogP contribution in [-0.2, 0) is 11.3 Å². The van der Waals surface area contributed by atoms with Crippen LogP contribution in [0.15, 0.2) is 59.5 Å². The molecule has 2 aromatic heterocycles. The number of hydrogen-bond acceptors (Lipinski definition) is 4. The number of nitrogens with two attached hydrogens (primary N) is 1. The first-order valence-corrected chi connectivity index (χ1v) is 8.74. The number of aromatic nitrogens is 3. The normalized spacial score (nSPS) is 19.2. The summed E-state index contributed by atoms with van der Waals surface area (Å²) in [6.07, 6.45) is 1.65. The average Bonchev–Trinajstić information content (AvgIpc) is 3.25. The second kappa shape index (κ2) is 7.94. The Kier molecular flexibility index (Phi) is 5.62. The predicted octanol–water partition coefficient (Wildman–Crippen LogP) is 1.12. The van der Waals surface area contributed by atoms with E-state index < -0.39 is 0 Å². The van der Waals surface area contributed by atoms with Crippen molar-refractivity contribution in [3.63, 3.8) is 0 Å². The third-order valence-electron chi connectivity index (χ3n) is 5.10. The molecule has 1 aliphatic heterocycles. The summed E-state index contributed by atoms with van der Waals surface area (Å²) in [4.78, 5) is 26.9. The number of fused-ring (bicyclic) bond motifs is 1. The van der Waals surface area contributed by atoms with Crippen LogP contribution in [0.4, 0.5) is 0 Å². The Hall–Kier alpha value is -2.64. The van der Waals surface area contributed by atoms with Crippen molar-refractivity contribution in [3.05, 3.63) is 70.8 Å². The van der Waals surface area contributed by atoms with Crippen molar-refractivity contribution >= 4 is 24.0 Å². The molecule has 1 saturated heterocycles. The molecule has 0 radical (unpaired) electrons. The minimum Gasteiger partial charge on any atom is -0.340 e. The molecular formula is C19H22ClN5O2. The van der Waals surface area contributed by atoms with E-state index in [9.17, 15) is 9.59 Å². The van der Waals surface area contributed by atoms with Crippen LogP contribution in [0.5, 0.6) is 0 Å². The zero-order valence-electron chi connectivity index (χ0n) is 14.8. The summed E-state index contributed by atoms with van der Waals surface area (Å²) in [6.45, 7) is 1.70. The second-order valence-corrected chi connectivity index (χ2v) is 6.68. The fraction of sp³-hybridized carbons (Fsp3) is 0.316. The van der Waals surface area contributed by atoms with Crippen molar-refractivity contribution in [2.24, 2.45) is 11.7 Å². The van der Waals surface area contributed by atoms with E-state index in [1.165, 1.54) is 14.6 Å². The standard InChI is InChI=1S/C19H21N5O2.ClH/c20-10-15-11-22(12-16(15)14-6-2-1-3-7-14)18(25)13-24-19(26)23-9-5-4-8-17(23)21-24;/h1-9,15-16H,10-13,20H2;1H/t15-,16+;/m1./s1. The largest absolute Gasteiger partial charge is 0.350 e. The van der Waals surface area contributed by atoms with E-state index in [4.69, 9.17) is 5.73 Å². The Morgan fingerprint density at radius 1 is 1.11 bits per heavy atom. The van der Waals surface area contributed by atoms with Gasteiger partial charge in [-0.25, -0.2) is 9.48 Å². The van der Waals surface area contributed by atoms with Crippen LogP contribution in [0, 0.1) is 5.92 Å². The van der Waals surface area contributed by atoms with Gasteiger partial charge in [0.25, 0.3) is 0 Å². The van der Waals surface area contributed by atoms with Gasteiger partial charge >= 0.3 is 5.69 Å². The summed E-state index contributed by atoms with van der Waals surface area (Å²) in [6, 6.07) is 15.5. The third kappa shape index (κ3) is 3.61. The van der Waals surface area contributed by atoms with E-state index in [-0.39, 0.29) is 42.4 Å². The molecule has 142 valence electrons. The van der Waals surface area contributed by atoms with Crippen LogP contribution < -0.4 is 11.4 Å². The van der Waals surface area contributed by atoms with Crippen molar-refractivity contribution in [1.29, 1.82) is 0 Å². The quantitative estimate of drug-likeness (QED) is 0.726. The summed E-state index contributed by atoms with van der Waals surface area (Å²) in [5.74, 6) is 0.342. The highest BCUT2D eigenvalue weighted by Crippen LogP contribution is 2.32. The molecule has 4 rings (SSSR count). The zero-order chi connectivity index (χ0) is 18.1. The predicted molar refractivity (Wildman–Crippen MR) is 105 cm³/mol. The van der Waals surface area contributed by atoms with Crippen LogP contribution in [-0.4, -0.2) is 44.6 Å². The molecule has 3 aromatic rings. The van der Waals surface area contributed by atoms with Gasteiger partial charge in [-0.3, -0.25) is 9.20 Å². The number of carbonyl (C=O) groups is 1. The monoisotopic (exact) mass is 387 g/mol. The molecule has 1 aliphatic rings. The van der Waals surface area contributed by atoms with Crippen LogP contribution in [0.1, 0.15) is 11.5 Å². The molecular weight excluding hydrogens is 366 g/mol. The molecule has 2 atom stereocenters. The molecule has 7 nitrogen and oxygen atoms in total. The molecule has 0 saturated carbocycles. The van der Waals surface area contributed by atoms with E-state index in [1.807, 2.05) is 24.3 Å². The summed E-state index contributed by atoms with van der Waals surface area (Å²) >= 11 is 0. The maximum atomic E-state index is 12.8. The van der Waals surface area contributed by atoms with E-state index in [0.29, 0.717) is 25.3 Å². The van der Waals surface area contributed by atoms with E-state index >= 15 is 0 Å². The highest BCUT2D eigenvalue weighted by atomic mass is 35.5. The van der Waals surface area contributed by atoms with Gasteiger partial charge in [-0.1, -0.05) is 36.4 Å². The number of hydrogen-bond donors (Lipinski definition) is 1.